The first-order valence-corrected chi connectivity index (χ1v) is 7.81. The maximum Gasteiger partial charge on any atom is 0.0113 e. The monoisotopic (exact) mass is 253 g/mol. The molecule has 1 aliphatic heterocycles. The molecule has 106 valence electrons. The Bertz CT molecular complexity index is 234. The van der Waals surface area contributed by atoms with E-state index < -0.39 is 0 Å². The smallest absolute Gasteiger partial charge is 0.0113 e. The third-order valence-corrected chi connectivity index (χ3v) is 5.00. The number of nitrogens with two attached hydrogens (primary N) is 1. The van der Waals surface area contributed by atoms with Crippen LogP contribution in [0.5, 0.6) is 0 Å². The fraction of sp³-hybridized carbons (Fsp3) is 1.00. The van der Waals surface area contributed by atoms with Crippen LogP contribution in [-0.4, -0.2) is 55.6 Å². The average Bonchev–Trinajstić information content (AvgIpc) is 2.56. The Morgan fingerprint density at radius 2 is 1.67 bits per heavy atom. The third kappa shape index (κ3) is 3.94. The van der Waals surface area contributed by atoms with Gasteiger partial charge in [-0.15, -0.1) is 0 Å². The highest BCUT2D eigenvalue weighted by molar-refractivity contribution is 4.83. The van der Waals surface area contributed by atoms with Gasteiger partial charge in [0, 0.05) is 18.6 Å². The molecule has 3 heteroatoms. The SMILES string of the molecule is CN(C)C1CCN(CC2CCCCCC2N)CC1. The standard InChI is InChI=1S/C15H31N3/c1-17(2)14-8-10-18(11-9-14)12-13-6-4-3-5-7-15(13)16/h13-15H,3-12,16H2,1-2H3. The van der Waals surface area contributed by atoms with Crippen molar-refractivity contribution in [3.05, 3.63) is 0 Å². The van der Waals surface area contributed by atoms with E-state index >= 15 is 0 Å². The molecule has 0 spiro atoms. The lowest BCUT2D eigenvalue weighted by Gasteiger charge is -2.37. The van der Waals surface area contributed by atoms with Gasteiger partial charge in [-0.05, 0) is 58.8 Å². The highest BCUT2D eigenvalue weighted by Crippen LogP contribution is 2.24. The van der Waals surface area contributed by atoms with E-state index in [9.17, 15) is 0 Å². The number of likely N-dealkylation sites (tertiary alicyclic amines) is 1. The van der Waals surface area contributed by atoms with Crippen molar-refractivity contribution in [1.82, 2.24) is 9.80 Å². The molecule has 18 heavy (non-hydrogen) atoms. The second kappa shape index (κ2) is 6.88. The van der Waals surface area contributed by atoms with E-state index in [0.717, 1.165) is 12.0 Å². The molecule has 1 aliphatic carbocycles. The van der Waals surface area contributed by atoms with Gasteiger partial charge in [0.1, 0.15) is 0 Å². The van der Waals surface area contributed by atoms with Gasteiger partial charge in [0.2, 0.25) is 0 Å². The van der Waals surface area contributed by atoms with Gasteiger partial charge in [0.15, 0.2) is 0 Å². The van der Waals surface area contributed by atoms with Gasteiger partial charge in [0.05, 0.1) is 0 Å². The number of hydrogen-bond acceptors (Lipinski definition) is 3. The molecule has 0 aromatic carbocycles. The zero-order chi connectivity index (χ0) is 13.0. The molecular formula is C15H31N3. The van der Waals surface area contributed by atoms with Crippen LogP contribution in [0.1, 0.15) is 44.9 Å². The fourth-order valence-electron chi connectivity index (χ4n) is 3.59. The van der Waals surface area contributed by atoms with Crippen LogP contribution in [0.25, 0.3) is 0 Å². The first kappa shape index (κ1) is 14.3. The van der Waals surface area contributed by atoms with Gasteiger partial charge < -0.3 is 15.5 Å². The second-order valence-electron chi connectivity index (χ2n) is 6.56. The van der Waals surface area contributed by atoms with Gasteiger partial charge in [-0.25, -0.2) is 0 Å². The molecule has 0 radical (unpaired) electrons. The van der Waals surface area contributed by atoms with Crippen molar-refractivity contribution >= 4 is 0 Å². The molecule has 3 nitrogen and oxygen atoms in total. The molecule has 1 heterocycles. The highest BCUT2D eigenvalue weighted by atomic mass is 15.2. The van der Waals surface area contributed by atoms with E-state index in [0.29, 0.717) is 6.04 Å². The molecule has 0 aromatic rings. The summed E-state index contributed by atoms with van der Waals surface area (Å²) in [5.74, 6) is 0.753. The molecule has 0 bridgehead atoms. The van der Waals surface area contributed by atoms with Crippen LogP contribution in [-0.2, 0) is 0 Å². The van der Waals surface area contributed by atoms with Crippen LogP contribution in [0.2, 0.25) is 0 Å². The normalized spacial score (nSPS) is 32.7. The topological polar surface area (TPSA) is 32.5 Å². The zero-order valence-electron chi connectivity index (χ0n) is 12.3. The summed E-state index contributed by atoms with van der Waals surface area (Å²) in [6.45, 7) is 3.79. The van der Waals surface area contributed by atoms with Crippen molar-refractivity contribution in [3.63, 3.8) is 0 Å². The fourth-order valence-corrected chi connectivity index (χ4v) is 3.59. The predicted octanol–water partition coefficient (Wildman–Crippen LogP) is 1.92. The maximum atomic E-state index is 6.34. The Hall–Kier alpha value is -0.120. The quantitative estimate of drug-likeness (QED) is 0.780. The van der Waals surface area contributed by atoms with E-state index in [1.165, 1.54) is 64.6 Å². The number of hydrogen-bond donors (Lipinski definition) is 1. The maximum absolute atomic E-state index is 6.34. The van der Waals surface area contributed by atoms with E-state index in [-0.39, 0.29) is 0 Å². The minimum absolute atomic E-state index is 0.457. The molecule has 2 aliphatic rings. The Morgan fingerprint density at radius 1 is 1.00 bits per heavy atom. The molecule has 2 fully saturated rings. The Labute approximate surface area is 113 Å². The predicted molar refractivity (Wildman–Crippen MR) is 77.7 cm³/mol. The first-order valence-electron chi connectivity index (χ1n) is 7.81. The molecule has 2 atom stereocenters. The highest BCUT2D eigenvalue weighted by Gasteiger charge is 2.26. The number of nitrogens with zero attached hydrogens (tertiary/aromatic N) is 2. The minimum atomic E-state index is 0.457. The molecule has 2 rings (SSSR count). The summed E-state index contributed by atoms with van der Waals surface area (Å²) in [4.78, 5) is 5.05. The van der Waals surface area contributed by atoms with Gasteiger partial charge in [-0.2, -0.15) is 0 Å². The Balaban J connectivity index is 1.76. The summed E-state index contributed by atoms with van der Waals surface area (Å²) in [6.07, 6.45) is 9.40. The minimum Gasteiger partial charge on any atom is -0.327 e. The van der Waals surface area contributed by atoms with E-state index in [4.69, 9.17) is 5.73 Å². The summed E-state index contributed by atoms with van der Waals surface area (Å²) < 4.78 is 0. The molecule has 2 unspecified atom stereocenters. The van der Waals surface area contributed by atoms with Crippen LogP contribution in [0.3, 0.4) is 0 Å². The van der Waals surface area contributed by atoms with Crippen molar-refractivity contribution in [1.29, 1.82) is 0 Å². The van der Waals surface area contributed by atoms with Gasteiger partial charge in [-0.3, -0.25) is 0 Å². The molecule has 1 saturated heterocycles. The molecule has 1 saturated carbocycles. The van der Waals surface area contributed by atoms with Gasteiger partial charge >= 0.3 is 0 Å². The first-order chi connectivity index (χ1) is 8.66. The van der Waals surface area contributed by atoms with Crippen LogP contribution < -0.4 is 5.73 Å². The van der Waals surface area contributed by atoms with Crippen molar-refractivity contribution in [2.24, 2.45) is 11.7 Å². The zero-order valence-corrected chi connectivity index (χ0v) is 12.3. The van der Waals surface area contributed by atoms with Crippen molar-refractivity contribution in [3.8, 4) is 0 Å². The van der Waals surface area contributed by atoms with E-state index in [2.05, 4.69) is 23.9 Å². The Kier molecular flexibility index (Phi) is 5.46. The summed E-state index contributed by atoms with van der Waals surface area (Å²) >= 11 is 0. The molecule has 0 aromatic heterocycles. The van der Waals surface area contributed by atoms with E-state index in [1.807, 2.05) is 0 Å². The van der Waals surface area contributed by atoms with Crippen molar-refractivity contribution < 1.29 is 0 Å². The van der Waals surface area contributed by atoms with Crippen LogP contribution in [0.4, 0.5) is 0 Å². The number of piperidine rings is 1. The number of rotatable bonds is 3. The summed E-state index contributed by atoms with van der Waals surface area (Å²) in [7, 11) is 4.42. The summed E-state index contributed by atoms with van der Waals surface area (Å²) in [5, 5.41) is 0. The van der Waals surface area contributed by atoms with Crippen molar-refractivity contribution in [2.75, 3.05) is 33.7 Å². The van der Waals surface area contributed by atoms with Crippen LogP contribution >= 0.6 is 0 Å². The Morgan fingerprint density at radius 3 is 2.33 bits per heavy atom. The molecule has 0 amide bonds. The lowest BCUT2D eigenvalue weighted by Crippen LogP contribution is -2.46. The van der Waals surface area contributed by atoms with Gasteiger partial charge in [0.25, 0.3) is 0 Å². The largest absolute Gasteiger partial charge is 0.327 e. The summed E-state index contributed by atoms with van der Waals surface area (Å²) in [5.41, 5.74) is 6.34. The lowest BCUT2D eigenvalue weighted by molar-refractivity contribution is 0.122. The molecular weight excluding hydrogens is 222 g/mol. The van der Waals surface area contributed by atoms with Crippen LogP contribution in [0.15, 0.2) is 0 Å². The van der Waals surface area contributed by atoms with Crippen LogP contribution in [0, 0.1) is 5.92 Å². The van der Waals surface area contributed by atoms with Crippen molar-refractivity contribution in [2.45, 2.75) is 57.0 Å². The third-order valence-electron chi connectivity index (χ3n) is 5.00. The summed E-state index contributed by atoms with van der Waals surface area (Å²) in [6, 6.07) is 1.25. The molecule has 2 N–H and O–H groups in total. The average molecular weight is 253 g/mol. The second-order valence-corrected chi connectivity index (χ2v) is 6.56. The van der Waals surface area contributed by atoms with Gasteiger partial charge in [-0.1, -0.05) is 19.3 Å². The van der Waals surface area contributed by atoms with E-state index in [1.54, 1.807) is 0 Å². The lowest BCUT2D eigenvalue weighted by atomic mass is 9.93.